The number of anilines is 1. The summed E-state index contributed by atoms with van der Waals surface area (Å²) < 4.78 is 1.85. The van der Waals surface area contributed by atoms with E-state index in [1.807, 2.05) is 47.3 Å². The zero-order valence-corrected chi connectivity index (χ0v) is 20.1. The Morgan fingerprint density at radius 3 is 2.62 bits per heavy atom. The molecule has 0 amide bonds. The van der Waals surface area contributed by atoms with E-state index in [4.69, 9.17) is 10.7 Å². The molecule has 34 heavy (non-hydrogen) atoms. The Morgan fingerprint density at radius 1 is 1.09 bits per heavy atom. The highest BCUT2D eigenvalue weighted by Crippen LogP contribution is 2.40. The van der Waals surface area contributed by atoms with Crippen LogP contribution in [0.3, 0.4) is 0 Å². The fourth-order valence-electron chi connectivity index (χ4n) is 4.81. The Hall–Kier alpha value is -3.29. The Balaban J connectivity index is 1.66. The van der Waals surface area contributed by atoms with Crippen molar-refractivity contribution in [3.8, 4) is 17.1 Å². The highest BCUT2D eigenvalue weighted by atomic mass is 16.3. The summed E-state index contributed by atoms with van der Waals surface area (Å²) >= 11 is 0. The molecule has 5 rings (SSSR count). The van der Waals surface area contributed by atoms with Crippen LogP contribution in [0.2, 0.25) is 0 Å². The van der Waals surface area contributed by atoms with Gasteiger partial charge in [0.25, 0.3) is 0 Å². The van der Waals surface area contributed by atoms with E-state index in [0.717, 1.165) is 59.5 Å². The molecule has 1 aliphatic heterocycles. The van der Waals surface area contributed by atoms with Gasteiger partial charge in [0.2, 0.25) is 0 Å². The Labute approximate surface area is 200 Å². The first-order chi connectivity index (χ1) is 16.4. The van der Waals surface area contributed by atoms with Gasteiger partial charge in [0, 0.05) is 35.8 Å². The number of aromatic nitrogens is 4. The van der Waals surface area contributed by atoms with Crippen LogP contribution in [0.4, 0.5) is 5.69 Å². The minimum absolute atomic E-state index is 0.0692. The van der Waals surface area contributed by atoms with Crippen LogP contribution >= 0.6 is 0 Å². The maximum atomic E-state index is 9.56. The van der Waals surface area contributed by atoms with Gasteiger partial charge in [-0.25, -0.2) is 9.67 Å². The van der Waals surface area contributed by atoms with Crippen LogP contribution in [-0.2, 0) is 6.61 Å². The average molecular weight is 457 g/mol. The van der Waals surface area contributed by atoms with E-state index >= 15 is 0 Å². The molecule has 7 heteroatoms. The van der Waals surface area contributed by atoms with Gasteiger partial charge >= 0.3 is 0 Å². The smallest absolute Gasteiger partial charge is 0.154 e. The molecule has 0 radical (unpaired) electrons. The van der Waals surface area contributed by atoms with E-state index < -0.39 is 0 Å². The second kappa shape index (κ2) is 8.81. The van der Waals surface area contributed by atoms with Crippen LogP contribution < -0.4 is 10.6 Å². The molecule has 1 saturated heterocycles. The summed E-state index contributed by atoms with van der Waals surface area (Å²) in [6.45, 7) is 8.59. The largest absolute Gasteiger partial charge is 0.390 e. The van der Waals surface area contributed by atoms with Crippen molar-refractivity contribution in [3.05, 3.63) is 66.1 Å². The number of aliphatic hydroxyl groups is 1. The summed E-state index contributed by atoms with van der Waals surface area (Å²) in [5, 5.41) is 15.3. The van der Waals surface area contributed by atoms with Crippen molar-refractivity contribution in [2.24, 2.45) is 11.1 Å². The van der Waals surface area contributed by atoms with Crippen molar-refractivity contribution < 1.29 is 5.11 Å². The number of nitrogens with zero attached hydrogens (tertiary/aromatic N) is 5. The lowest BCUT2D eigenvalue weighted by Crippen LogP contribution is -2.53. The highest BCUT2D eigenvalue weighted by Gasteiger charge is 2.35. The number of nitrogens with two attached hydrogens (primary N) is 1. The summed E-state index contributed by atoms with van der Waals surface area (Å²) in [6.07, 6.45) is 3.84. The Morgan fingerprint density at radius 2 is 1.88 bits per heavy atom. The quantitative estimate of drug-likeness (QED) is 0.421. The monoisotopic (exact) mass is 456 g/mol. The van der Waals surface area contributed by atoms with Gasteiger partial charge in [-0.05, 0) is 48.2 Å². The Bertz CT molecular complexity index is 1320. The zero-order chi connectivity index (χ0) is 23.9. The van der Waals surface area contributed by atoms with Gasteiger partial charge in [0.1, 0.15) is 0 Å². The summed E-state index contributed by atoms with van der Waals surface area (Å²) in [7, 11) is 0. The van der Waals surface area contributed by atoms with Crippen LogP contribution in [0, 0.1) is 5.41 Å². The summed E-state index contributed by atoms with van der Waals surface area (Å²) in [6, 6.07) is 16.0. The van der Waals surface area contributed by atoms with Crippen molar-refractivity contribution in [1.82, 2.24) is 19.7 Å². The number of benzene rings is 1. The van der Waals surface area contributed by atoms with E-state index in [2.05, 4.69) is 47.9 Å². The third kappa shape index (κ3) is 4.17. The molecule has 0 bridgehead atoms. The van der Waals surface area contributed by atoms with Gasteiger partial charge in [-0.2, -0.15) is 5.10 Å². The van der Waals surface area contributed by atoms with Crippen molar-refractivity contribution in [2.75, 3.05) is 18.0 Å². The van der Waals surface area contributed by atoms with Crippen LogP contribution in [-0.4, -0.2) is 37.9 Å². The molecule has 1 aliphatic rings. The topological polar surface area (TPSA) is 93.1 Å². The molecular weight excluding hydrogens is 424 g/mol. The van der Waals surface area contributed by atoms with Crippen LogP contribution in [0.5, 0.6) is 0 Å². The fraction of sp³-hybridized carbons (Fsp3) is 0.370. The first-order valence-corrected chi connectivity index (χ1v) is 12.0. The molecule has 176 valence electrons. The van der Waals surface area contributed by atoms with Crippen LogP contribution in [0.25, 0.3) is 28.0 Å². The van der Waals surface area contributed by atoms with Crippen molar-refractivity contribution in [1.29, 1.82) is 0 Å². The molecule has 1 atom stereocenters. The normalized spacial score (nSPS) is 16.0. The van der Waals surface area contributed by atoms with E-state index in [-0.39, 0.29) is 12.6 Å². The minimum Gasteiger partial charge on any atom is -0.390 e. The van der Waals surface area contributed by atoms with E-state index in [1.165, 1.54) is 0 Å². The molecule has 0 aliphatic carbocycles. The maximum absolute atomic E-state index is 9.56. The van der Waals surface area contributed by atoms with Gasteiger partial charge in [-0.3, -0.25) is 4.98 Å². The molecule has 3 N–H and O–H groups in total. The van der Waals surface area contributed by atoms with E-state index in [9.17, 15) is 5.11 Å². The van der Waals surface area contributed by atoms with Gasteiger partial charge in [-0.1, -0.05) is 39.3 Å². The van der Waals surface area contributed by atoms with Crippen molar-refractivity contribution in [3.63, 3.8) is 0 Å². The lowest BCUT2D eigenvalue weighted by molar-refractivity contribution is 0.276. The molecule has 1 aromatic carbocycles. The molecule has 7 nitrogen and oxygen atoms in total. The van der Waals surface area contributed by atoms with Gasteiger partial charge in [0.15, 0.2) is 5.82 Å². The SMILES string of the molecule is CCC[C@H](N)c1cccc(-c2cc(N3CC(C)(C)C3)c3cnn(-c4cccc(CO)n4)c3c2)n1. The molecule has 4 heterocycles. The van der Waals surface area contributed by atoms with Gasteiger partial charge in [0.05, 0.1) is 35.4 Å². The molecule has 0 unspecified atom stereocenters. The number of aliphatic hydroxyl groups excluding tert-OH is 1. The van der Waals surface area contributed by atoms with Crippen molar-refractivity contribution >= 4 is 16.6 Å². The lowest BCUT2D eigenvalue weighted by Gasteiger charge is -2.47. The number of pyridine rings is 2. The third-order valence-electron chi connectivity index (χ3n) is 6.46. The lowest BCUT2D eigenvalue weighted by atomic mass is 9.83. The molecule has 0 spiro atoms. The first kappa shape index (κ1) is 22.5. The summed E-state index contributed by atoms with van der Waals surface area (Å²) in [5.41, 5.74) is 12.2. The molecule has 3 aromatic heterocycles. The van der Waals surface area contributed by atoms with Crippen molar-refractivity contribution in [2.45, 2.75) is 46.3 Å². The van der Waals surface area contributed by atoms with E-state index in [0.29, 0.717) is 16.9 Å². The zero-order valence-electron chi connectivity index (χ0n) is 20.1. The molecule has 0 saturated carbocycles. The van der Waals surface area contributed by atoms with Gasteiger partial charge < -0.3 is 15.7 Å². The molecular formula is C27H32N6O. The predicted octanol–water partition coefficient (Wildman–Crippen LogP) is 4.62. The van der Waals surface area contributed by atoms with Crippen LogP contribution in [0.1, 0.15) is 51.0 Å². The molecule has 4 aromatic rings. The number of hydrogen-bond donors (Lipinski definition) is 2. The number of hydrogen-bond acceptors (Lipinski definition) is 6. The average Bonchev–Trinajstić information content (AvgIpc) is 3.26. The summed E-state index contributed by atoms with van der Waals surface area (Å²) in [4.78, 5) is 11.9. The van der Waals surface area contributed by atoms with Crippen LogP contribution in [0.15, 0.2) is 54.7 Å². The Kier molecular flexibility index (Phi) is 5.83. The third-order valence-corrected chi connectivity index (χ3v) is 6.46. The first-order valence-electron chi connectivity index (χ1n) is 12.0. The number of rotatable bonds is 7. The van der Waals surface area contributed by atoms with E-state index in [1.54, 1.807) is 0 Å². The van der Waals surface area contributed by atoms with Gasteiger partial charge in [-0.15, -0.1) is 0 Å². The predicted molar refractivity (Wildman–Crippen MR) is 136 cm³/mol. The summed E-state index contributed by atoms with van der Waals surface area (Å²) in [5.74, 6) is 0.681. The molecule has 1 fully saturated rings. The fourth-order valence-corrected chi connectivity index (χ4v) is 4.81. The number of fused-ring (bicyclic) bond motifs is 1. The second-order valence-corrected chi connectivity index (χ2v) is 9.99. The highest BCUT2D eigenvalue weighted by molar-refractivity contribution is 5.97. The second-order valence-electron chi connectivity index (χ2n) is 9.99. The maximum Gasteiger partial charge on any atom is 0.154 e. The minimum atomic E-state index is -0.110. The standard InChI is InChI=1S/C27H32N6O/c1-4-7-21(28)23-10-6-9-22(31-23)18-12-24(32-16-27(2,3)17-32)20-14-29-33(25(20)13-18)26-11-5-8-19(15-34)30-26/h5-6,8-14,21,34H,4,7,15-17,28H2,1-3H3/t21-/m0/s1.